The first-order chi connectivity index (χ1) is 9.79. The van der Waals surface area contributed by atoms with Crippen LogP contribution in [0.5, 0.6) is 0 Å². The molecule has 0 fully saturated rings. The van der Waals surface area contributed by atoms with Gasteiger partial charge in [0.05, 0.1) is 12.1 Å². The van der Waals surface area contributed by atoms with Crippen molar-refractivity contribution in [1.82, 2.24) is 19.5 Å². The number of aromatic nitrogens is 4. The fourth-order valence-electron chi connectivity index (χ4n) is 1.95. The van der Waals surface area contributed by atoms with Crippen LogP contribution in [0, 0.1) is 0 Å². The zero-order chi connectivity index (χ0) is 13.9. The van der Waals surface area contributed by atoms with Crippen LogP contribution in [0.25, 0.3) is 16.7 Å². The van der Waals surface area contributed by atoms with Gasteiger partial charge in [-0.1, -0.05) is 12.1 Å². The van der Waals surface area contributed by atoms with Gasteiger partial charge in [0, 0.05) is 11.6 Å². The second-order valence-electron chi connectivity index (χ2n) is 4.10. The third-order valence-electron chi connectivity index (χ3n) is 2.83. The second kappa shape index (κ2) is 5.08. The molecule has 1 aromatic carbocycles. The Balaban J connectivity index is 2.06. The molecule has 0 spiro atoms. The van der Waals surface area contributed by atoms with Gasteiger partial charge in [0.1, 0.15) is 18.5 Å². The number of nitrogens with zero attached hydrogens (tertiary/aromatic N) is 4. The minimum Gasteiger partial charge on any atom is -0.461 e. The largest absolute Gasteiger partial charge is 0.461 e. The van der Waals surface area contributed by atoms with E-state index in [1.165, 1.54) is 6.33 Å². The number of carbonyl (C=O) groups excluding carboxylic acids is 1. The van der Waals surface area contributed by atoms with Crippen molar-refractivity contribution in [2.24, 2.45) is 0 Å². The van der Waals surface area contributed by atoms with Gasteiger partial charge in [0.2, 0.25) is 0 Å². The minimum absolute atomic E-state index is 0.259. The molecule has 3 rings (SSSR count). The molecule has 0 atom stereocenters. The lowest BCUT2D eigenvalue weighted by atomic mass is 10.2. The number of imidazole rings is 1. The number of fused-ring (bicyclic) bond motifs is 1. The Morgan fingerprint density at radius 1 is 1.25 bits per heavy atom. The van der Waals surface area contributed by atoms with Gasteiger partial charge in [-0.25, -0.2) is 19.7 Å². The highest BCUT2D eigenvalue weighted by Crippen LogP contribution is 2.18. The van der Waals surface area contributed by atoms with Gasteiger partial charge in [0.15, 0.2) is 5.69 Å². The van der Waals surface area contributed by atoms with Gasteiger partial charge >= 0.3 is 5.97 Å². The monoisotopic (exact) mass is 268 g/mol. The number of benzene rings is 1. The molecule has 0 N–H and O–H groups in total. The highest BCUT2D eigenvalue weighted by Gasteiger charge is 2.12. The van der Waals surface area contributed by atoms with Crippen LogP contribution in [0.1, 0.15) is 17.4 Å². The standard InChI is InChI=1S/C14H12N4O2/c1-2-20-14(19)12-7-18(9-17-12)13-10-5-3-4-6-11(10)15-8-16-13/h3-9H,2H2,1H3. The van der Waals surface area contributed by atoms with E-state index in [0.29, 0.717) is 12.4 Å². The second-order valence-corrected chi connectivity index (χ2v) is 4.10. The molecular weight excluding hydrogens is 256 g/mol. The molecule has 0 aliphatic heterocycles. The lowest BCUT2D eigenvalue weighted by molar-refractivity contribution is 0.0520. The SMILES string of the molecule is CCOC(=O)c1cn(-c2ncnc3ccccc23)cn1. The van der Waals surface area contributed by atoms with Crippen LogP contribution in [-0.2, 0) is 4.74 Å². The van der Waals surface area contributed by atoms with E-state index < -0.39 is 5.97 Å². The van der Waals surface area contributed by atoms with Crippen molar-refractivity contribution in [2.75, 3.05) is 6.61 Å². The predicted octanol–water partition coefficient (Wildman–Crippen LogP) is 1.99. The van der Waals surface area contributed by atoms with E-state index in [0.717, 1.165) is 10.9 Å². The first-order valence-electron chi connectivity index (χ1n) is 6.21. The van der Waals surface area contributed by atoms with E-state index in [4.69, 9.17) is 4.74 Å². The Morgan fingerprint density at radius 2 is 2.10 bits per heavy atom. The number of para-hydroxylation sites is 1. The number of esters is 1. The molecule has 20 heavy (non-hydrogen) atoms. The first kappa shape index (κ1) is 12.3. The maximum Gasteiger partial charge on any atom is 0.358 e. The zero-order valence-corrected chi connectivity index (χ0v) is 10.9. The topological polar surface area (TPSA) is 69.9 Å². The van der Waals surface area contributed by atoms with Gasteiger partial charge in [-0.15, -0.1) is 0 Å². The summed E-state index contributed by atoms with van der Waals surface area (Å²) >= 11 is 0. The Morgan fingerprint density at radius 3 is 2.95 bits per heavy atom. The van der Waals surface area contributed by atoms with Crippen LogP contribution >= 0.6 is 0 Å². The molecular formula is C14H12N4O2. The van der Waals surface area contributed by atoms with Crippen LogP contribution in [0.15, 0.2) is 43.1 Å². The van der Waals surface area contributed by atoms with E-state index in [2.05, 4.69) is 15.0 Å². The maximum atomic E-state index is 11.6. The van der Waals surface area contributed by atoms with Crippen molar-refractivity contribution in [3.05, 3.63) is 48.8 Å². The summed E-state index contributed by atoms with van der Waals surface area (Å²) in [6.07, 6.45) is 4.63. The van der Waals surface area contributed by atoms with Crippen LogP contribution in [-0.4, -0.2) is 32.1 Å². The molecule has 6 heteroatoms. The summed E-state index contributed by atoms with van der Waals surface area (Å²) in [5.41, 5.74) is 1.10. The predicted molar refractivity (Wildman–Crippen MR) is 72.6 cm³/mol. The van der Waals surface area contributed by atoms with Crippen molar-refractivity contribution in [1.29, 1.82) is 0 Å². The first-order valence-corrected chi connectivity index (χ1v) is 6.21. The molecule has 0 radical (unpaired) electrons. The molecule has 100 valence electrons. The fourth-order valence-corrected chi connectivity index (χ4v) is 1.95. The van der Waals surface area contributed by atoms with Crippen molar-refractivity contribution in [3.63, 3.8) is 0 Å². The summed E-state index contributed by atoms with van der Waals surface area (Å²) < 4.78 is 6.61. The van der Waals surface area contributed by atoms with Crippen LogP contribution in [0.3, 0.4) is 0 Å². The van der Waals surface area contributed by atoms with Gasteiger partial charge in [-0.3, -0.25) is 4.57 Å². The van der Waals surface area contributed by atoms with Crippen molar-refractivity contribution >= 4 is 16.9 Å². The van der Waals surface area contributed by atoms with E-state index in [9.17, 15) is 4.79 Å². The quantitative estimate of drug-likeness (QED) is 0.679. The summed E-state index contributed by atoms with van der Waals surface area (Å²) in [5, 5.41) is 0.891. The Kier molecular flexibility index (Phi) is 3.12. The molecule has 0 aliphatic carbocycles. The third-order valence-corrected chi connectivity index (χ3v) is 2.83. The molecule has 2 aromatic heterocycles. The third kappa shape index (κ3) is 2.11. The van der Waals surface area contributed by atoms with Crippen molar-refractivity contribution in [2.45, 2.75) is 6.92 Å². The van der Waals surface area contributed by atoms with Gasteiger partial charge < -0.3 is 4.74 Å². The molecule has 0 saturated carbocycles. The molecule has 3 aromatic rings. The summed E-state index contributed by atoms with van der Waals surface area (Å²) in [6.45, 7) is 2.08. The van der Waals surface area contributed by atoms with Gasteiger partial charge in [-0.05, 0) is 19.1 Å². The number of ether oxygens (including phenoxy) is 1. The smallest absolute Gasteiger partial charge is 0.358 e. The van der Waals surface area contributed by atoms with E-state index in [-0.39, 0.29) is 5.69 Å². The van der Waals surface area contributed by atoms with Crippen LogP contribution < -0.4 is 0 Å². The fraction of sp³-hybridized carbons (Fsp3) is 0.143. The number of carbonyl (C=O) groups is 1. The van der Waals surface area contributed by atoms with E-state index in [1.54, 1.807) is 24.0 Å². The average molecular weight is 268 g/mol. The van der Waals surface area contributed by atoms with Gasteiger partial charge in [-0.2, -0.15) is 0 Å². The minimum atomic E-state index is -0.440. The Labute approximate surface area is 115 Å². The molecule has 2 heterocycles. The molecule has 0 aliphatic rings. The number of hydrogen-bond acceptors (Lipinski definition) is 5. The van der Waals surface area contributed by atoms with Crippen molar-refractivity contribution < 1.29 is 9.53 Å². The summed E-state index contributed by atoms with van der Waals surface area (Å²) in [4.78, 5) is 24.1. The highest BCUT2D eigenvalue weighted by atomic mass is 16.5. The summed E-state index contributed by atoms with van der Waals surface area (Å²) in [7, 11) is 0. The van der Waals surface area contributed by atoms with Crippen LogP contribution in [0.4, 0.5) is 0 Å². The lowest BCUT2D eigenvalue weighted by Gasteiger charge is -2.04. The Hall–Kier alpha value is -2.76. The van der Waals surface area contributed by atoms with E-state index in [1.807, 2.05) is 24.3 Å². The lowest BCUT2D eigenvalue weighted by Crippen LogP contribution is -2.04. The highest BCUT2D eigenvalue weighted by molar-refractivity contribution is 5.88. The van der Waals surface area contributed by atoms with Crippen LogP contribution in [0.2, 0.25) is 0 Å². The number of hydrogen-bond donors (Lipinski definition) is 0. The van der Waals surface area contributed by atoms with E-state index >= 15 is 0 Å². The molecule has 0 bridgehead atoms. The molecule has 6 nitrogen and oxygen atoms in total. The number of rotatable bonds is 3. The Bertz CT molecular complexity index is 761. The summed E-state index contributed by atoms with van der Waals surface area (Å²) in [6, 6.07) is 7.66. The maximum absolute atomic E-state index is 11.6. The zero-order valence-electron chi connectivity index (χ0n) is 10.9. The molecule has 0 amide bonds. The summed E-state index contributed by atoms with van der Waals surface area (Å²) in [5.74, 6) is 0.239. The molecule has 0 saturated heterocycles. The normalized spacial score (nSPS) is 10.7. The van der Waals surface area contributed by atoms with Crippen molar-refractivity contribution in [3.8, 4) is 5.82 Å². The molecule has 0 unspecified atom stereocenters. The van der Waals surface area contributed by atoms with Gasteiger partial charge in [0.25, 0.3) is 0 Å². The average Bonchev–Trinajstić information content (AvgIpc) is 2.97.